The zero-order valence-electron chi connectivity index (χ0n) is 19.8. The fourth-order valence-electron chi connectivity index (χ4n) is 4.96. The van der Waals surface area contributed by atoms with Crippen LogP contribution < -0.4 is 24.3 Å². The van der Waals surface area contributed by atoms with E-state index in [9.17, 15) is 14.4 Å². The number of hydrogen-bond acceptors (Lipinski definition) is 7. The first-order valence-corrected chi connectivity index (χ1v) is 11.4. The molecule has 0 aromatic heterocycles. The number of imide groups is 1. The Labute approximate surface area is 202 Å². The molecule has 10 nitrogen and oxygen atoms in total. The molecule has 0 aliphatic carbocycles. The van der Waals surface area contributed by atoms with Gasteiger partial charge in [0.1, 0.15) is 23.6 Å². The number of benzene rings is 2. The summed E-state index contributed by atoms with van der Waals surface area (Å²) in [5, 5.41) is 2.74. The highest BCUT2D eigenvalue weighted by molar-refractivity contribution is 6.09. The monoisotopic (exact) mass is 481 g/mol. The average Bonchev–Trinajstić information content (AvgIpc) is 3.59. The number of ether oxygens (including phenoxy) is 4. The maximum atomic E-state index is 13.4. The molecule has 0 spiro atoms. The molecule has 3 aliphatic rings. The van der Waals surface area contributed by atoms with E-state index in [2.05, 4.69) is 5.32 Å². The fraction of sp³-hybridized carbons (Fsp3) is 0.400. The van der Waals surface area contributed by atoms with Gasteiger partial charge in [0.15, 0.2) is 11.5 Å². The minimum Gasteiger partial charge on any atom is -0.497 e. The van der Waals surface area contributed by atoms with Gasteiger partial charge in [0, 0.05) is 12.1 Å². The Balaban J connectivity index is 1.36. The topological polar surface area (TPSA) is 107 Å². The van der Waals surface area contributed by atoms with Crippen LogP contribution in [0.1, 0.15) is 36.9 Å². The van der Waals surface area contributed by atoms with Crippen molar-refractivity contribution in [2.75, 3.05) is 34.1 Å². The van der Waals surface area contributed by atoms with Crippen LogP contribution in [0.25, 0.3) is 0 Å². The quantitative estimate of drug-likeness (QED) is 0.632. The van der Waals surface area contributed by atoms with Crippen LogP contribution in [0.3, 0.4) is 0 Å². The summed E-state index contributed by atoms with van der Waals surface area (Å²) in [6.07, 6.45) is 1.54. The van der Waals surface area contributed by atoms with E-state index < -0.39 is 17.5 Å². The van der Waals surface area contributed by atoms with Gasteiger partial charge >= 0.3 is 6.03 Å². The molecule has 2 fully saturated rings. The van der Waals surface area contributed by atoms with Gasteiger partial charge in [-0.2, -0.15) is 0 Å². The first kappa shape index (κ1) is 22.8. The van der Waals surface area contributed by atoms with Crippen molar-refractivity contribution in [3.05, 3.63) is 47.5 Å². The predicted octanol–water partition coefficient (Wildman–Crippen LogP) is 2.56. The van der Waals surface area contributed by atoms with Crippen molar-refractivity contribution >= 4 is 17.8 Å². The van der Waals surface area contributed by atoms with Gasteiger partial charge in [-0.25, -0.2) is 4.79 Å². The number of carbonyl (C=O) groups is 3. The van der Waals surface area contributed by atoms with Crippen molar-refractivity contribution in [2.24, 2.45) is 0 Å². The number of urea groups is 1. The molecule has 5 rings (SSSR count). The standard InChI is InChI=1S/C25H27N3O7/c1-25(15-6-8-20-21(11-15)35-14-34-20)23(30)28(24(31)26-25)13-22(29)27-10-4-5-18(27)17-12-16(32-2)7-9-19(17)33-3/h6-9,11-12,18H,4-5,10,13-14H2,1-3H3,(H,26,31)/t18-,25+/m1/s1. The minimum atomic E-state index is -1.32. The van der Waals surface area contributed by atoms with Gasteiger partial charge < -0.3 is 29.2 Å². The van der Waals surface area contributed by atoms with Crippen molar-refractivity contribution < 1.29 is 33.3 Å². The first-order valence-electron chi connectivity index (χ1n) is 11.4. The second kappa shape index (κ2) is 8.68. The number of carbonyl (C=O) groups excluding carboxylic acids is 3. The molecule has 4 amide bonds. The number of nitrogens with one attached hydrogen (secondary N) is 1. The molecular weight excluding hydrogens is 454 g/mol. The molecule has 2 aromatic carbocycles. The summed E-state index contributed by atoms with van der Waals surface area (Å²) in [6.45, 7) is 1.89. The summed E-state index contributed by atoms with van der Waals surface area (Å²) in [7, 11) is 3.16. The zero-order chi connectivity index (χ0) is 24.7. The molecule has 35 heavy (non-hydrogen) atoms. The lowest BCUT2D eigenvalue weighted by molar-refractivity contribution is -0.139. The highest BCUT2D eigenvalue weighted by Gasteiger charge is 2.50. The minimum absolute atomic E-state index is 0.103. The van der Waals surface area contributed by atoms with Crippen LogP contribution in [0.15, 0.2) is 36.4 Å². The Morgan fingerprint density at radius 3 is 2.69 bits per heavy atom. The Bertz CT molecular complexity index is 1200. The lowest BCUT2D eigenvalue weighted by Gasteiger charge is -2.28. The van der Waals surface area contributed by atoms with Crippen LogP contribution in [0.5, 0.6) is 23.0 Å². The molecule has 184 valence electrons. The van der Waals surface area contributed by atoms with Crippen LogP contribution in [-0.2, 0) is 15.1 Å². The number of nitrogens with zero attached hydrogens (tertiary/aromatic N) is 2. The van der Waals surface area contributed by atoms with Gasteiger partial charge in [-0.1, -0.05) is 6.07 Å². The third kappa shape index (κ3) is 3.78. The van der Waals surface area contributed by atoms with E-state index in [1.165, 1.54) is 0 Å². The number of likely N-dealkylation sites (tertiary alicyclic amines) is 1. The Hall–Kier alpha value is -3.95. The third-order valence-corrected chi connectivity index (χ3v) is 6.89. The van der Waals surface area contributed by atoms with Crippen molar-refractivity contribution in [3.8, 4) is 23.0 Å². The van der Waals surface area contributed by atoms with E-state index in [0.717, 1.165) is 23.3 Å². The largest absolute Gasteiger partial charge is 0.497 e. The van der Waals surface area contributed by atoms with Crippen molar-refractivity contribution in [1.29, 1.82) is 0 Å². The van der Waals surface area contributed by atoms with Crippen LogP contribution >= 0.6 is 0 Å². The Morgan fingerprint density at radius 2 is 1.91 bits per heavy atom. The second-order valence-electron chi connectivity index (χ2n) is 8.87. The maximum Gasteiger partial charge on any atom is 0.325 e. The zero-order valence-corrected chi connectivity index (χ0v) is 19.8. The Kier molecular flexibility index (Phi) is 5.66. The molecule has 0 radical (unpaired) electrons. The van der Waals surface area contributed by atoms with Crippen molar-refractivity contribution in [2.45, 2.75) is 31.3 Å². The normalized spacial score (nSPS) is 23.0. The van der Waals surface area contributed by atoms with Gasteiger partial charge in [0.2, 0.25) is 12.7 Å². The molecule has 1 N–H and O–H groups in total. The molecule has 0 bridgehead atoms. The predicted molar refractivity (Wildman–Crippen MR) is 123 cm³/mol. The summed E-state index contributed by atoms with van der Waals surface area (Å²) >= 11 is 0. The lowest BCUT2D eigenvalue weighted by atomic mass is 9.91. The summed E-state index contributed by atoms with van der Waals surface area (Å²) in [5.74, 6) is 1.59. The van der Waals surface area contributed by atoms with E-state index in [-0.39, 0.29) is 25.3 Å². The lowest BCUT2D eigenvalue weighted by Crippen LogP contribution is -2.44. The molecule has 2 saturated heterocycles. The first-order chi connectivity index (χ1) is 16.9. The van der Waals surface area contributed by atoms with Gasteiger partial charge in [0.25, 0.3) is 5.91 Å². The summed E-state index contributed by atoms with van der Waals surface area (Å²) in [5.41, 5.74) is 0.0639. The van der Waals surface area contributed by atoms with Crippen LogP contribution in [-0.4, -0.2) is 61.7 Å². The van der Waals surface area contributed by atoms with Gasteiger partial charge in [-0.05, 0) is 55.7 Å². The van der Waals surface area contributed by atoms with Crippen molar-refractivity contribution in [3.63, 3.8) is 0 Å². The number of hydrogen-bond donors (Lipinski definition) is 1. The number of methoxy groups -OCH3 is 2. The van der Waals surface area contributed by atoms with Crippen LogP contribution in [0.2, 0.25) is 0 Å². The Morgan fingerprint density at radius 1 is 1.11 bits per heavy atom. The maximum absolute atomic E-state index is 13.4. The van der Waals surface area contributed by atoms with E-state index in [1.54, 1.807) is 50.3 Å². The molecule has 10 heteroatoms. The van der Waals surface area contributed by atoms with Crippen LogP contribution in [0, 0.1) is 0 Å². The smallest absolute Gasteiger partial charge is 0.325 e. The molecule has 2 aromatic rings. The molecular formula is C25H27N3O7. The fourth-order valence-corrected chi connectivity index (χ4v) is 4.96. The summed E-state index contributed by atoms with van der Waals surface area (Å²) < 4.78 is 21.6. The van der Waals surface area contributed by atoms with E-state index >= 15 is 0 Å². The highest BCUT2D eigenvalue weighted by Crippen LogP contribution is 2.40. The SMILES string of the molecule is COc1ccc(OC)c([C@H]2CCCN2C(=O)CN2C(=O)N[C@@](C)(c3ccc4c(c3)OCO4)C2=O)c1. The number of fused-ring (bicyclic) bond motifs is 1. The average molecular weight is 482 g/mol. The molecule has 0 unspecified atom stereocenters. The molecule has 2 atom stereocenters. The summed E-state index contributed by atoms with van der Waals surface area (Å²) in [6, 6.07) is 9.70. The molecule has 3 heterocycles. The van der Waals surface area contributed by atoms with Gasteiger partial charge in [0.05, 0.1) is 20.3 Å². The van der Waals surface area contributed by atoms with E-state index in [4.69, 9.17) is 18.9 Å². The van der Waals surface area contributed by atoms with Crippen LogP contribution in [0.4, 0.5) is 4.79 Å². The third-order valence-electron chi connectivity index (χ3n) is 6.89. The van der Waals surface area contributed by atoms with E-state index in [1.807, 2.05) is 12.1 Å². The number of rotatable bonds is 6. The summed E-state index contributed by atoms with van der Waals surface area (Å²) in [4.78, 5) is 42.3. The van der Waals surface area contributed by atoms with Gasteiger partial charge in [-0.15, -0.1) is 0 Å². The van der Waals surface area contributed by atoms with E-state index in [0.29, 0.717) is 35.1 Å². The molecule has 0 saturated carbocycles. The molecule has 3 aliphatic heterocycles. The van der Waals surface area contributed by atoms with Crippen molar-refractivity contribution in [1.82, 2.24) is 15.1 Å². The highest BCUT2D eigenvalue weighted by atomic mass is 16.7. The number of amides is 4. The van der Waals surface area contributed by atoms with Gasteiger partial charge in [-0.3, -0.25) is 14.5 Å². The second-order valence-corrected chi connectivity index (χ2v) is 8.87.